The summed E-state index contributed by atoms with van der Waals surface area (Å²) in [5.41, 5.74) is -0.221. The van der Waals surface area contributed by atoms with Crippen LogP contribution in [0.3, 0.4) is 0 Å². The first-order valence-electron chi connectivity index (χ1n) is 6.74. The van der Waals surface area contributed by atoms with Crippen molar-refractivity contribution in [2.45, 2.75) is 24.1 Å². The van der Waals surface area contributed by atoms with Gasteiger partial charge in [0.25, 0.3) is 5.79 Å². The molecule has 0 unspecified atom stereocenters. The maximum Gasteiger partial charge on any atom is 0.341 e. The molecule has 0 aliphatic carbocycles. The van der Waals surface area contributed by atoms with E-state index in [1.807, 2.05) is 0 Å². The average molecular weight is 330 g/mol. The molecule has 4 atom stereocenters. The Bertz CT molecular complexity index is 571. The quantitative estimate of drug-likeness (QED) is 0.324. The second-order valence-corrected chi connectivity index (χ2v) is 5.04. The van der Waals surface area contributed by atoms with E-state index < -0.39 is 36.7 Å². The molecule has 1 fully saturated rings. The van der Waals surface area contributed by atoms with E-state index in [1.165, 1.54) is 6.07 Å². The highest BCUT2D eigenvalue weighted by Gasteiger charge is 2.53. The fourth-order valence-corrected chi connectivity index (χ4v) is 2.24. The molecule has 5 N–H and O–H groups in total. The molecule has 9 heteroatoms. The van der Waals surface area contributed by atoms with Crippen LogP contribution in [0.1, 0.15) is 10.4 Å². The number of phenols is 1. The molecule has 1 aromatic carbocycles. The van der Waals surface area contributed by atoms with Gasteiger partial charge in [0.1, 0.15) is 35.4 Å². The summed E-state index contributed by atoms with van der Waals surface area (Å²) >= 11 is 0. The van der Waals surface area contributed by atoms with Gasteiger partial charge in [-0.05, 0) is 18.2 Å². The van der Waals surface area contributed by atoms with Gasteiger partial charge in [0, 0.05) is 0 Å². The first-order chi connectivity index (χ1) is 10.8. The number of rotatable bonds is 4. The zero-order valence-corrected chi connectivity index (χ0v) is 12.2. The van der Waals surface area contributed by atoms with Gasteiger partial charge >= 0.3 is 5.97 Å². The highest BCUT2D eigenvalue weighted by Crippen LogP contribution is 2.32. The molecule has 1 aliphatic rings. The van der Waals surface area contributed by atoms with Crippen molar-refractivity contribution in [3.63, 3.8) is 0 Å². The number of ether oxygens (including phenoxy) is 3. The van der Waals surface area contributed by atoms with Crippen LogP contribution in [0, 0.1) is 0 Å². The molecule has 128 valence electrons. The normalized spacial score (nSPS) is 30.7. The Kier molecular flexibility index (Phi) is 5.07. The second kappa shape index (κ2) is 6.69. The van der Waals surface area contributed by atoms with Crippen molar-refractivity contribution in [1.82, 2.24) is 0 Å². The minimum atomic E-state index is -2.45. The van der Waals surface area contributed by atoms with Crippen molar-refractivity contribution in [2.75, 3.05) is 20.3 Å². The number of aliphatic hydroxyl groups is 4. The first-order valence-corrected chi connectivity index (χ1v) is 6.74. The Labute approximate surface area is 131 Å². The third-order valence-electron chi connectivity index (χ3n) is 3.54. The summed E-state index contributed by atoms with van der Waals surface area (Å²) in [6.45, 7) is -0.969. The average Bonchev–Trinajstić information content (AvgIpc) is 2.54. The summed E-state index contributed by atoms with van der Waals surface area (Å²) in [6, 6.07) is 3.44. The molecule has 0 amide bonds. The van der Waals surface area contributed by atoms with E-state index in [1.54, 1.807) is 0 Å². The summed E-state index contributed by atoms with van der Waals surface area (Å²) < 4.78 is 14.8. The maximum atomic E-state index is 11.5. The molecule has 1 saturated heterocycles. The summed E-state index contributed by atoms with van der Waals surface area (Å²) in [4.78, 5) is 11.5. The number of methoxy groups -OCH3 is 1. The van der Waals surface area contributed by atoms with Crippen LogP contribution >= 0.6 is 0 Å². The number of hydrogen-bond acceptors (Lipinski definition) is 9. The summed E-state index contributed by atoms with van der Waals surface area (Å²) in [5, 5.41) is 49.0. The van der Waals surface area contributed by atoms with Gasteiger partial charge in [-0.15, -0.1) is 0 Å². The van der Waals surface area contributed by atoms with Gasteiger partial charge in [-0.2, -0.15) is 0 Å². The molecule has 0 saturated carbocycles. The highest BCUT2D eigenvalue weighted by molar-refractivity contribution is 5.92. The van der Waals surface area contributed by atoms with Crippen molar-refractivity contribution in [2.24, 2.45) is 0 Å². The number of aliphatic hydroxyl groups excluding tert-OH is 3. The third kappa shape index (κ3) is 3.23. The Morgan fingerprint density at radius 1 is 1.43 bits per heavy atom. The van der Waals surface area contributed by atoms with Crippen LogP contribution in [0.25, 0.3) is 0 Å². The molecular formula is C14H18O9. The molecule has 1 heterocycles. The molecular weight excluding hydrogens is 312 g/mol. The molecule has 1 aromatic rings. The SMILES string of the molecule is COC(=O)c1cc(O[C@@]2(O)[C@H](O)[C@@H](O)CO[C@@H]2CO)ccc1O. The standard InChI is InChI=1S/C14H18O9/c1-21-13(19)8-4-7(2-3-9(8)16)23-14(20)11(5-15)22-6-10(17)12(14)18/h2-4,10-12,15-18,20H,5-6H2,1H3/t10-,11+,12+,14+/m0/s1. The number of benzene rings is 1. The number of carbonyl (C=O) groups is 1. The maximum absolute atomic E-state index is 11.5. The zero-order valence-electron chi connectivity index (χ0n) is 12.2. The summed E-state index contributed by atoms with van der Waals surface area (Å²) in [6.07, 6.45) is -4.51. The molecule has 1 aliphatic heterocycles. The fraction of sp³-hybridized carbons (Fsp3) is 0.500. The van der Waals surface area contributed by atoms with Crippen LogP contribution in [-0.4, -0.2) is 75.9 Å². The third-order valence-corrected chi connectivity index (χ3v) is 3.54. The van der Waals surface area contributed by atoms with Crippen LogP contribution in [0.5, 0.6) is 11.5 Å². The minimum absolute atomic E-state index is 0.110. The lowest BCUT2D eigenvalue weighted by atomic mass is 9.96. The zero-order chi connectivity index (χ0) is 17.2. The molecule has 0 radical (unpaired) electrons. The first kappa shape index (κ1) is 17.4. The Balaban J connectivity index is 2.33. The van der Waals surface area contributed by atoms with E-state index in [-0.39, 0.29) is 23.7 Å². The van der Waals surface area contributed by atoms with E-state index in [0.29, 0.717) is 0 Å². The highest BCUT2D eigenvalue weighted by atomic mass is 16.7. The number of carbonyl (C=O) groups excluding carboxylic acids is 1. The Morgan fingerprint density at radius 3 is 2.74 bits per heavy atom. The van der Waals surface area contributed by atoms with Crippen LogP contribution in [0.4, 0.5) is 0 Å². The number of esters is 1. The largest absolute Gasteiger partial charge is 0.507 e. The monoisotopic (exact) mass is 330 g/mol. The molecule has 2 rings (SSSR count). The fourth-order valence-electron chi connectivity index (χ4n) is 2.24. The number of aromatic hydroxyl groups is 1. The predicted molar refractivity (Wildman–Crippen MR) is 73.9 cm³/mol. The van der Waals surface area contributed by atoms with E-state index >= 15 is 0 Å². The molecule has 0 spiro atoms. The van der Waals surface area contributed by atoms with Gasteiger partial charge in [0.05, 0.1) is 20.3 Å². The van der Waals surface area contributed by atoms with Crippen LogP contribution in [0.2, 0.25) is 0 Å². The molecule has 9 nitrogen and oxygen atoms in total. The van der Waals surface area contributed by atoms with Crippen molar-refractivity contribution in [1.29, 1.82) is 0 Å². The topological polar surface area (TPSA) is 146 Å². The summed E-state index contributed by atoms with van der Waals surface area (Å²) in [5.74, 6) is -3.76. The number of phenolic OH excluding ortho intramolecular Hbond substituents is 1. The van der Waals surface area contributed by atoms with Gasteiger partial charge in [0.2, 0.25) is 0 Å². The van der Waals surface area contributed by atoms with Crippen molar-refractivity contribution in [3.8, 4) is 11.5 Å². The van der Waals surface area contributed by atoms with Gasteiger partial charge in [0.15, 0.2) is 0 Å². The lowest BCUT2D eigenvalue weighted by Crippen LogP contribution is -2.67. The lowest BCUT2D eigenvalue weighted by Gasteiger charge is -2.43. The Morgan fingerprint density at radius 2 is 2.13 bits per heavy atom. The van der Waals surface area contributed by atoms with Crippen LogP contribution in [-0.2, 0) is 9.47 Å². The van der Waals surface area contributed by atoms with E-state index in [2.05, 4.69) is 4.74 Å². The predicted octanol–water partition coefficient (Wildman–Crippen LogP) is -1.64. The van der Waals surface area contributed by atoms with Crippen molar-refractivity contribution in [3.05, 3.63) is 23.8 Å². The molecule has 0 aromatic heterocycles. The smallest absolute Gasteiger partial charge is 0.341 e. The number of hydrogen-bond donors (Lipinski definition) is 5. The van der Waals surface area contributed by atoms with Crippen LogP contribution in [0.15, 0.2) is 18.2 Å². The minimum Gasteiger partial charge on any atom is -0.507 e. The van der Waals surface area contributed by atoms with E-state index in [0.717, 1.165) is 19.2 Å². The van der Waals surface area contributed by atoms with Gasteiger partial charge in [-0.3, -0.25) is 0 Å². The second-order valence-electron chi connectivity index (χ2n) is 5.04. The van der Waals surface area contributed by atoms with Crippen LogP contribution < -0.4 is 4.74 Å². The van der Waals surface area contributed by atoms with E-state index in [4.69, 9.17) is 9.47 Å². The van der Waals surface area contributed by atoms with Crippen molar-refractivity contribution < 1.29 is 44.5 Å². The van der Waals surface area contributed by atoms with Gasteiger partial charge < -0.3 is 39.7 Å². The molecule has 0 bridgehead atoms. The van der Waals surface area contributed by atoms with Gasteiger partial charge in [-0.1, -0.05) is 0 Å². The lowest BCUT2D eigenvalue weighted by molar-refractivity contribution is -0.322. The van der Waals surface area contributed by atoms with Crippen molar-refractivity contribution >= 4 is 5.97 Å². The van der Waals surface area contributed by atoms with Gasteiger partial charge in [-0.25, -0.2) is 4.79 Å². The summed E-state index contributed by atoms with van der Waals surface area (Å²) in [7, 11) is 1.12. The Hall–Kier alpha value is -1.91. The molecule has 23 heavy (non-hydrogen) atoms. The van der Waals surface area contributed by atoms with E-state index in [9.17, 15) is 30.3 Å².